The van der Waals surface area contributed by atoms with E-state index in [1.165, 1.54) is 6.20 Å². The number of rotatable bonds is 9. The van der Waals surface area contributed by atoms with Crippen LogP contribution >= 0.6 is 0 Å². The average molecular weight is 457 g/mol. The van der Waals surface area contributed by atoms with E-state index in [1.54, 1.807) is 6.92 Å². The highest BCUT2D eigenvalue weighted by molar-refractivity contribution is 5.76. The summed E-state index contributed by atoms with van der Waals surface area (Å²) in [4.78, 5) is 24.0. The molecule has 33 heavy (non-hydrogen) atoms. The third-order valence-corrected chi connectivity index (χ3v) is 6.40. The number of halogens is 1. The summed E-state index contributed by atoms with van der Waals surface area (Å²) in [7, 11) is 1.94. The Bertz CT molecular complexity index is 949. The molecule has 0 bridgehead atoms. The molecule has 0 amide bonds. The SMILES string of the molecule is CC(=O)C[C@@H](C)c1ccc(O[C@@H]2CCN(c3nc(N(C)CC4CCOC4)ncc3F)C2)cc1. The molecule has 0 N–H and O–H groups in total. The van der Waals surface area contributed by atoms with Crippen LogP contribution in [0.15, 0.2) is 30.5 Å². The van der Waals surface area contributed by atoms with Gasteiger partial charge in [0.25, 0.3) is 0 Å². The van der Waals surface area contributed by atoms with Gasteiger partial charge in [-0.3, -0.25) is 0 Å². The highest BCUT2D eigenvalue weighted by atomic mass is 19.1. The van der Waals surface area contributed by atoms with Crippen LogP contribution in [0.3, 0.4) is 0 Å². The first-order valence-electron chi connectivity index (χ1n) is 11.7. The molecular weight excluding hydrogens is 423 g/mol. The topological polar surface area (TPSA) is 67.8 Å². The molecule has 1 aromatic carbocycles. The van der Waals surface area contributed by atoms with Gasteiger partial charge in [0.1, 0.15) is 17.6 Å². The van der Waals surface area contributed by atoms with Gasteiger partial charge < -0.3 is 24.1 Å². The van der Waals surface area contributed by atoms with Gasteiger partial charge in [-0.1, -0.05) is 19.1 Å². The Hall–Kier alpha value is -2.74. The minimum absolute atomic E-state index is 0.0447. The predicted octanol–water partition coefficient (Wildman–Crippen LogP) is 3.83. The molecule has 0 saturated carbocycles. The summed E-state index contributed by atoms with van der Waals surface area (Å²) in [6, 6.07) is 7.91. The van der Waals surface area contributed by atoms with Gasteiger partial charge in [0.2, 0.25) is 5.95 Å². The largest absolute Gasteiger partial charge is 0.489 e. The number of hydrogen-bond donors (Lipinski definition) is 0. The van der Waals surface area contributed by atoms with Gasteiger partial charge in [-0.05, 0) is 37.0 Å². The summed E-state index contributed by atoms with van der Waals surface area (Å²) >= 11 is 0. The molecule has 2 aromatic rings. The molecule has 2 fully saturated rings. The van der Waals surface area contributed by atoms with Crippen LogP contribution in [-0.4, -0.2) is 61.8 Å². The molecule has 0 aliphatic carbocycles. The molecule has 1 aromatic heterocycles. The maximum absolute atomic E-state index is 14.6. The van der Waals surface area contributed by atoms with E-state index in [-0.39, 0.29) is 17.8 Å². The van der Waals surface area contributed by atoms with Crippen molar-refractivity contribution < 1.29 is 18.7 Å². The van der Waals surface area contributed by atoms with Gasteiger partial charge in [0.15, 0.2) is 11.6 Å². The lowest BCUT2D eigenvalue weighted by atomic mass is 9.96. The van der Waals surface area contributed by atoms with Crippen LogP contribution in [0.4, 0.5) is 16.2 Å². The fourth-order valence-electron chi connectivity index (χ4n) is 4.58. The molecule has 178 valence electrons. The van der Waals surface area contributed by atoms with Gasteiger partial charge >= 0.3 is 0 Å². The number of carbonyl (C=O) groups is 1. The quantitative estimate of drug-likeness (QED) is 0.568. The standard InChI is InChI=1S/C25H33FN4O3/c1-17(12-18(2)31)20-4-6-21(7-5-20)33-22-8-10-30(15-22)24-23(26)13-27-25(28-24)29(3)14-19-9-11-32-16-19/h4-7,13,17,19,22H,8-12,14-16H2,1-3H3/t17-,19?,22-/m1/s1. The molecule has 3 atom stereocenters. The number of benzene rings is 1. The van der Waals surface area contributed by atoms with Crippen molar-refractivity contribution in [2.75, 3.05) is 49.7 Å². The molecule has 2 aliphatic rings. The van der Waals surface area contributed by atoms with Crippen molar-refractivity contribution in [3.8, 4) is 5.75 Å². The average Bonchev–Trinajstić information content (AvgIpc) is 3.46. The fraction of sp³-hybridized carbons (Fsp3) is 0.560. The van der Waals surface area contributed by atoms with E-state index in [2.05, 4.69) is 16.9 Å². The lowest BCUT2D eigenvalue weighted by molar-refractivity contribution is -0.117. The Balaban J connectivity index is 1.36. The summed E-state index contributed by atoms with van der Waals surface area (Å²) in [5, 5.41) is 0. The minimum atomic E-state index is -0.416. The van der Waals surface area contributed by atoms with E-state index in [4.69, 9.17) is 9.47 Å². The van der Waals surface area contributed by atoms with Crippen molar-refractivity contribution in [2.24, 2.45) is 5.92 Å². The lowest BCUT2D eigenvalue weighted by Gasteiger charge is -2.23. The molecule has 7 nitrogen and oxygen atoms in total. The van der Waals surface area contributed by atoms with Crippen molar-refractivity contribution in [1.29, 1.82) is 0 Å². The van der Waals surface area contributed by atoms with Crippen LogP contribution in [0.1, 0.15) is 44.6 Å². The van der Waals surface area contributed by atoms with E-state index in [1.807, 2.05) is 41.1 Å². The number of aromatic nitrogens is 2. The second-order valence-electron chi connectivity index (χ2n) is 9.30. The van der Waals surface area contributed by atoms with Crippen LogP contribution in [0.25, 0.3) is 0 Å². The van der Waals surface area contributed by atoms with Crippen LogP contribution in [-0.2, 0) is 9.53 Å². The number of anilines is 2. The molecule has 4 rings (SSSR count). The van der Waals surface area contributed by atoms with Gasteiger partial charge in [-0.15, -0.1) is 0 Å². The highest BCUT2D eigenvalue weighted by Crippen LogP contribution is 2.27. The normalized spacial score (nSPS) is 21.3. The highest BCUT2D eigenvalue weighted by Gasteiger charge is 2.28. The van der Waals surface area contributed by atoms with Gasteiger partial charge in [-0.25, -0.2) is 9.37 Å². The summed E-state index contributed by atoms with van der Waals surface area (Å²) in [5.41, 5.74) is 1.12. The smallest absolute Gasteiger partial charge is 0.227 e. The van der Waals surface area contributed by atoms with E-state index < -0.39 is 5.82 Å². The van der Waals surface area contributed by atoms with Crippen molar-refractivity contribution in [3.63, 3.8) is 0 Å². The Kier molecular flexibility index (Phi) is 7.42. The second kappa shape index (κ2) is 10.5. The third-order valence-electron chi connectivity index (χ3n) is 6.40. The van der Waals surface area contributed by atoms with Crippen molar-refractivity contribution in [1.82, 2.24) is 9.97 Å². The Morgan fingerprint density at radius 2 is 2.12 bits per heavy atom. The molecule has 0 radical (unpaired) electrons. The van der Waals surface area contributed by atoms with Crippen molar-refractivity contribution in [3.05, 3.63) is 41.8 Å². The van der Waals surface area contributed by atoms with Gasteiger partial charge in [-0.2, -0.15) is 4.98 Å². The Morgan fingerprint density at radius 3 is 2.82 bits per heavy atom. The molecule has 2 saturated heterocycles. The zero-order valence-electron chi connectivity index (χ0n) is 19.7. The first-order chi connectivity index (χ1) is 15.9. The van der Waals surface area contributed by atoms with Crippen molar-refractivity contribution in [2.45, 2.75) is 45.1 Å². The first-order valence-corrected chi connectivity index (χ1v) is 11.7. The number of hydrogen-bond acceptors (Lipinski definition) is 7. The third kappa shape index (κ3) is 5.99. The molecule has 8 heteroatoms. The first kappa shape index (κ1) is 23.4. The molecule has 2 aliphatic heterocycles. The van der Waals surface area contributed by atoms with Gasteiger partial charge in [0, 0.05) is 45.5 Å². The summed E-state index contributed by atoms with van der Waals surface area (Å²) < 4.78 is 26.2. The maximum atomic E-state index is 14.6. The van der Waals surface area contributed by atoms with Crippen LogP contribution in [0, 0.1) is 11.7 Å². The Labute approximate surface area is 194 Å². The zero-order chi connectivity index (χ0) is 23.4. The number of ketones is 1. The van der Waals surface area contributed by atoms with E-state index in [0.29, 0.717) is 37.2 Å². The van der Waals surface area contributed by atoms with E-state index in [0.717, 1.165) is 43.9 Å². The number of carbonyl (C=O) groups excluding carboxylic acids is 1. The molecule has 3 heterocycles. The number of nitrogens with zero attached hydrogens (tertiary/aromatic N) is 4. The monoisotopic (exact) mass is 456 g/mol. The van der Waals surface area contributed by atoms with Gasteiger partial charge in [0.05, 0.1) is 19.3 Å². The molecule has 0 spiro atoms. The summed E-state index contributed by atoms with van der Waals surface area (Å²) in [6.45, 7) is 7.24. The van der Waals surface area contributed by atoms with Crippen LogP contribution in [0.2, 0.25) is 0 Å². The van der Waals surface area contributed by atoms with Crippen LogP contribution < -0.4 is 14.5 Å². The van der Waals surface area contributed by atoms with E-state index in [9.17, 15) is 9.18 Å². The van der Waals surface area contributed by atoms with Crippen LogP contribution in [0.5, 0.6) is 5.75 Å². The predicted molar refractivity (Wildman–Crippen MR) is 126 cm³/mol. The summed E-state index contributed by atoms with van der Waals surface area (Å²) in [6.07, 6.45) is 3.57. The number of ether oxygens (including phenoxy) is 2. The molecule has 1 unspecified atom stereocenters. The Morgan fingerprint density at radius 1 is 1.33 bits per heavy atom. The van der Waals surface area contributed by atoms with E-state index >= 15 is 0 Å². The number of Topliss-reactive ketones (excluding diaryl/α,β-unsaturated/α-hetero) is 1. The molecular formula is C25H33FN4O3. The maximum Gasteiger partial charge on any atom is 0.227 e. The fourth-order valence-corrected chi connectivity index (χ4v) is 4.58. The second-order valence-corrected chi connectivity index (χ2v) is 9.30. The minimum Gasteiger partial charge on any atom is -0.489 e. The summed E-state index contributed by atoms with van der Waals surface area (Å²) in [5.74, 6) is 2.05. The lowest BCUT2D eigenvalue weighted by Crippen LogP contribution is -2.30. The van der Waals surface area contributed by atoms with Crippen molar-refractivity contribution >= 4 is 17.5 Å². The zero-order valence-corrected chi connectivity index (χ0v) is 19.7.